The average Bonchev–Trinajstić information content (AvgIpc) is 3.04. The molecule has 1 N–H and O–H groups in total. The summed E-state index contributed by atoms with van der Waals surface area (Å²) in [5.74, 6) is 2.09. The SMILES string of the molecule is Cc1ccc(NC(=O)Cn2c3c(sc2=O)C2c4ccccc4OCC2CS3)cc1. The van der Waals surface area contributed by atoms with E-state index in [4.69, 9.17) is 4.74 Å². The van der Waals surface area contributed by atoms with Crippen molar-refractivity contribution in [3.05, 3.63) is 74.2 Å². The predicted octanol–water partition coefficient (Wildman–Crippen LogP) is 4.10. The van der Waals surface area contributed by atoms with Crippen molar-refractivity contribution in [2.45, 2.75) is 24.4 Å². The molecule has 148 valence electrons. The number of nitrogens with zero attached hydrogens (tertiary/aromatic N) is 1. The van der Waals surface area contributed by atoms with Crippen molar-refractivity contribution in [3.8, 4) is 5.75 Å². The smallest absolute Gasteiger partial charge is 0.308 e. The largest absolute Gasteiger partial charge is 0.493 e. The van der Waals surface area contributed by atoms with E-state index < -0.39 is 0 Å². The first kappa shape index (κ1) is 18.5. The Morgan fingerprint density at radius 2 is 2.00 bits per heavy atom. The van der Waals surface area contributed by atoms with Gasteiger partial charge in [0, 0.05) is 33.7 Å². The highest BCUT2D eigenvalue weighted by Gasteiger charge is 2.39. The molecular formula is C22H20N2O3S2. The van der Waals surface area contributed by atoms with Gasteiger partial charge >= 0.3 is 4.87 Å². The number of nitrogens with one attached hydrogen (secondary N) is 1. The van der Waals surface area contributed by atoms with Crippen molar-refractivity contribution in [2.75, 3.05) is 17.7 Å². The maximum atomic E-state index is 12.8. The number of aromatic nitrogens is 1. The molecule has 0 fully saturated rings. The van der Waals surface area contributed by atoms with Crippen molar-refractivity contribution >= 4 is 34.7 Å². The van der Waals surface area contributed by atoms with Crippen molar-refractivity contribution in [3.63, 3.8) is 0 Å². The number of aryl methyl sites for hydroxylation is 1. The molecular weight excluding hydrogens is 404 g/mol. The van der Waals surface area contributed by atoms with Crippen molar-refractivity contribution < 1.29 is 9.53 Å². The fraction of sp³-hybridized carbons (Fsp3) is 0.273. The molecule has 0 radical (unpaired) electrons. The van der Waals surface area contributed by atoms with Gasteiger partial charge in [0.2, 0.25) is 5.91 Å². The first-order valence-electron chi connectivity index (χ1n) is 9.54. The van der Waals surface area contributed by atoms with Crippen LogP contribution in [0.15, 0.2) is 58.4 Å². The van der Waals surface area contributed by atoms with Crippen LogP contribution in [0.25, 0.3) is 0 Å². The summed E-state index contributed by atoms with van der Waals surface area (Å²) in [4.78, 5) is 26.4. The second-order valence-corrected chi connectivity index (χ2v) is 9.44. The molecule has 0 aliphatic carbocycles. The summed E-state index contributed by atoms with van der Waals surface area (Å²) in [7, 11) is 0. The molecule has 0 spiro atoms. The molecule has 5 nitrogen and oxygen atoms in total. The number of thiazole rings is 1. The van der Waals surface area contributed by atoms with E-state index in [0.717, 1.165) is 38.2 Å². The van der Waals surface area contributed by atoms with Gasteiger partial charge in [-0.05, 0) is 25.1 Å². The number of hydrogen-bond acceptors (Lipinski definition) is 5. The normalized spacial score (nSPS) is 19.5. The molecule has 2 aliphatic heterocycles. The van der Waals surface area contributed by atoms with Crippen LogP contribution in [0, 0.1) is 12.8 Å². The summed E-state index contributed by atoms with van der Waals surface area (Å²) in [6.07, 6.45) is 0. The average molecular weight is 425 g/mol. The van der Waals surface area contributed by atoms with Gasteiger partial charge in [-0.3, -0.25) is 14.2 Å². The molecule has 0 saturated heterocycles. The van der Waals surface area contributed by atoms with Gasteiger partial charge < -0.3 is 10.1 Å². The topological polar surface area (TPSA) is 60.3 Å². The van der Waals surface area contributed by atoms with E-state index in [-0.39, 0.29) is 23.2 Å². The minimum atomic E-state index is -0.188. The van der Waals surface area contributed by atoms with Gasteiger partial charge in [0.15, 0.2) is 0 Å². The zero-order chi connectivity index (χ0) is 20.0. The molecule has 2 atom stereocenters. The number of fused-ring (bicyclic) bond motifs is 5. The van der Waals surface area contributed by atoms with E-state index >= 15 is 0 Å². The number of rotatable bonds is 3. The van der Waals surface area contributed by atoms with Crippen molar-refractivity contribution in [2.24, 2.45) is 5.92 Å². The van der Waals surface area contributed by atoms with Crippen LogP contribution in [0.5, 0.6) is 5.75 Å². The minimum Gasteiger partial charge on any atom is -0.493 e. The van der Waals surface area contributed by atoms with Gasteiger partial charge in [-0.15, -0.1) is 11.8 Å². The lowest BCUT2D eigenvalue weighted by atomic mass is 9.84. The van der Waals surface area contributed by atoms with Crippen molar-refractivity contribution in [1.82, 2.24) is 4.57 Å². The van der Waals surface area contributed by atoms with Crippen LogP contribution in [0.4, 0.5) is 5.69 Å². The molecule has 0 bridgehead atoms. The van der Waals surface area contributed by atoms with Crippen LogP contribution >= 0.6 is 23.1 Å². The molecule has 3 heterocycles. The lowest BCUT2D eigenvalue weighted by molar-refractivity contribution is -0.116. The Morgan fingerprint density at radius 3 is 2.83 bits per heavy atom. The highest BCUT2D eigenvalue weighted by Crippen LogP contribution is 2.50. The summed E-state index contributed by atoms with van der Waals surface area (Å²) in [5.41, 5.74) is 3.01. The second-order valence-electron chi connectivity index (χ2n) is 7.44. The Bertz CT molecular complexity index is 1130. The summed E-state index contributed by atoms with van der Waals surface area (Å²) in [6, 6.07) is 15.7. The number of amides is 1. The first-order valence-corrected chi connectivity index (χ1v) is 11.3. The van der Waals surface area contributed by atoms with Gasteiger partial charge in [0.1, 0.15) is 12.3 Å². The van der Waals surface area contributed by atoms with Crippen molar-refractivity contribution in [1.29, 1.82) is 0 Å². The fourth-order valence-corrected chi connectivity index (χ4v) is 6.66. The monoisotopic (exact) mass is 424 g/mol. The van der Waals surface area contributed by atoms with Crippen LogP contribution < -0.4 is 14.9 Å². The second kappa shape index (κ2) is 7.39. The third-order valence-corrected chi connectivity index (χ3v) is 7.91. The Morgan fingerprint density at radius 1 is 1.21 bits per heavy atom. The van der Waals surface area contributed by atoms with Crippen LogP contribution in [-0.4, -0.2) is 22.8 Å². The molecule has 5 rings (SSSR count). The number of carbonyl (C=O) groups excluding carboxylic acids is 1. The Labute approximate surface area is 176 Å². The number of hydrogen-bond donors (Lipinski definition) is 1. The third kappa shape index (κ3) is 3.38. The highest BCUT2D eigenvalue weighted by molar-refractivity contribution is 7.99. The molecule has 2 aromatic carbocycles. The standard InChI is InChI=1S/C22H20N2O3S2/c1-13-6-8-15(9-7-13)23-18(25)10-24-21-20(29-22(24)26)19-14(12-28-21)11-27-17-5-3-2-4-16(17)19/h2-9,14,19H,10-12H2,1H3,(H,23,25). The minimum absolute atomic E-state index is 0.0288. The number of benzene rings is 2. The molecule has 1 aromatic heterocycles. The Hall–Kier alpha value is -2.51. The van der Waals surface area contributed by atoms with Gasteiger partial charge in [-0.2, -0.15) is 0 Å². The zero-order valence-corrected chi connectivity index (χ0v) is 17.5. The number of carbonyl (C=O) groups is 1. The molecule has 7 heteroatoms. The Balaban J connectivity index is 1.44. The van der Waals surface area contributed by atoms with Gasteiger partial charge in [0.25, 0.3) is 0 Å². The summed E-state index contributed by atoms with van der Waals surface area (Å²) in [5, 5.41) is 3.82. The summed E-state index contributed by atoms with van der Waals surface area (Å²) in [6.45, 7) is 2.69. The maximum Gasteiger partial charge on any atom is 0.308 e. The van der Waals surface area contributed by atoms with Crippen LogP contribution in [0.2, 0.25) is 0 Å². The highest BCUT2D eigenvalue weighted by atomic mass is 32.2. The molecule has 2 unspecified atom stereocenters. The van der Waals surface area contributed by atoms with E-state index in [1.807, 2.05) is 49.4 Å². The quantitative estimate of drug-likeness (QED) is 0.688. The number of para-hydroxylation sites is 1. The lowest BCUT2D eigenvalue weighted by Gasteiger charge is -2.36. The van der Waals surface area contributed by atoms with Gasteiger partial charge in [-0.25, -0.2) is 0 Å². The molecule has 2 aliphatic rings. The van der Waals surface area contributed by atoms with E-state index in [0.29, 0.717) is 12.5 Å². The number of ether oxygens (including phenoxy) is 1. The van der Waals surface area contributed by atoms with Crippen LogP contribution in [0.3, 0.4) is 0 Å². The van der Waals surface area contributed by atoms with E-state index in [1.165, 1.54) is 11.3 Å². The molecule has 0 saturated carbocycles. The third-order valence-electron chi connectivity index (χ3n) is 5.41. The van der Waals surface area contributed by atoms with Crippen LogP contribution in [-0.2, 0) is 11.3 Å². The van der Waals surface area contributed by atoms with E-state index in [9.17, 15) is 9.59 Å². The summed E-state index contributed by atoms with van der Waals surface area (Å²) >= 11 is 2.93. The number of thioether (sulfide) groups is 1. The van der Waals surface area contributed by atoms with E-state index in [2.05, 4.69) is 11.4 Å². The Kier molecular flexibility index (Phi) is 4.72. The van der Waals surface area contributed by atoms with E-state index in [1.54, 1.807) is 16.3 Å². The lowest BCUT2D eigenvalue weighted by Crippen LogP contribution is -2.31. The van der Waals surface area contributed by atoms with Gasteiger partial charge in [-0.1, -0.05) is 47.2 Å². The van der Waals surface area contributed by atoms with Crippen LogP contribution in [0.1, 0.15) is 21.9 Å². The molecule has 3 aromatic rings. The zero-order valence-electron chi connectivity index (χ0n) is 15.9. The summed E-state index contributed by atoms with van der Waals surface area (Å²) < 4.78 is 7.55. The molecule has 1 amide bonds. The maximum absolute atomic E-state index is 12.8. The fourth-order valence-electron chi connectivity index (χ4n) is 3.97. The molecule has 29 heavy (non-hydrogen) atoms. The predicted molar refractivity (Wildman–Crippen MR) is 116 cm³/mol. The number of anilines is 1. The first-order chi connectivity index (χ1) is 14.1. The van der Waals surface area contributed by atoms with Gasteiger partial charge in [0.05, 0.1) is 11.6 Å².